The van der Waals surface area contributed by atoms with Crippen LogP contribution in [-0.4, -0.2) is 21.7 Å². The van der Waals surface area contributed by atoms with Crippen LogP contribution in [0.3, 0.4) is 0 Å². The zero-order valence-electron chi connectivity index (χ0n) is 10.7. The molecule has 18 heavy (non-hydrogen) atoms. The summed E-state index contributed by atoms with van der Waals surface area (Å²) in [6.45, 7) is 4.77. The molecular formula is C12H18N2O4. The molecule has 0 saturated carbocycles. The summed E-state index contributed by atoms with van der Waals surface area (Å²) in [5.41, 5.74) is 5.55. The topological polar surface area (TPSA) is 110 Å². The summed E-state index contributed by atoms with van der Waals surface area (Å²) in [5.74, 6) is -0.182. The highest BCUT2D eigenvalue weighted by Crippen LogP contribution is 2.41. The molecule has 0 fully saturated rings. The van der Waals surface area contributed by atoms with Crippen molar-refractivity contribution in [1.29, 1.82) is 0 Å². The minimum absolute atomic E-state index is 0.0686. The third-order valence-electron chi connectivity index (χ3n) is 3.15. The second-order valence-electron chi connectivity index (χ2n) is 5.05. The Bertz CT molecular complexity index is 471. The molecule has 1 rings (SSSR count). The largest absolute Gasteiger partial charge is 0.507 e. The molecule has 0 aliphatic rings. The summed E-state index contributed by atoms with van der Waals surface area (Å²) in [6.07, 6.45) is 0. The predicted molar refractivity (Wildman–Crippen MR) is 67.3 cm³/mol. The van der Waals surface area contributed by atoms with E-state index < -0.39 is 16.4 Å². The van der Waals surface area contributed by atoms with Crippen LogP contribution in [0.5, 0.6) is 5.75 Å². The van der Waals surface area contributed by atoms with Gasteiger partial charge in [0.2, 0.25) is 0 Å². The SMILES string of the molecule is Cc1ccc([N+](=O)[O-])c([C@@H](N)C(C)(C)CO)c1O. The quantitative estimate of drug-likeness (QED) is 0.558. The van der Waals surface area contributed by atoms with Crippen molar-refractivity contribution >= 4 is 5.69 Å². The van der Waals surface area contributed by atoms with Crippen molar-refractivity contribution in [2.75, 3.05) is 6.61 Å². The van der Waals surface area contributed by atoms with E-state index in [-0.39, 0.29) is 23.6 Å². The fourth-order valence-corrected chi connectivity index (χ4v) is 1.66. The van der Waals surface area contributed by atoms with Crippen LogP contribution in [0.25, 0.3) is 0 Å². The first-order valence-corrected chi connectivity index (χ1v) is 5.55. The summed E-state index contributed by atoms with van der Waals surface area (Å²) in [6, 6.07) is 1.95. The van der Waals surface area contributed by atoms with E-state index in [2.05, 4.69) is 0 Å². The molecule has 0 aromatic heterocycles. The monoisotopic (exact) mass is 254 g/mol. The number of rotatable bonds is 4. The molecule has 0 bridgehead atoms. The van der Waals surface area contributed by atoms with Gasteiger partial charge in [-0.1, -0.05) is 13.8 Å². The predicted octanol–water partition coefficient (Wildman–Crippen LogP) is 1.63. The van der Waals surface area contributed by atoms with E-state index in [0.717, 1.165) is 0 Å². The maximum absolute atomic E-state index is 11.0. The molecule has 0 heterocycles. The molecule has 0 aliphatic heterocycles. The number of nitrogens with zero attached hydrogens (tertiary/aromatic N) is 1. The van der Waals surface area contributed by atoms with Gasteiger partial charge in [0, 0.05) is 24.1 Å². The van der Waals surface area contributed by atoms with Crippen LogP contribution in [0.2, 0.25) is 0 Å². The Kier molecular flexibility index (Phi) is 3.93. The normalized spacial score (nSPS) is 13.4. The number of hydrogen-bond acceptors (Lipinski definition) is 5. The van der Waals surface area contributed by atoms with Crippen molar-refractivity contribution in [2.24, 2.45) is 11.1 Å². The van der Waals surface area contributed by atoms with Gasteiger partial charge in [0.05, 0.1) is 10.5 Å². The summed E-state index contributed by atoms with van der Waals surface area (Å²) in [7, 11) is 0. The van der Waals surface area contributed by atoms with Gasteiger partial charge in [0.15, 0.2) is 0 Å². The zero-order chi connectivity index (χ0) is 14.1. The van der Waals surface area contributed by atoms with Gasteiger partial charge < -0.3 is 15.9 Å². The summed E-state index contributed by atoms with van der Waals surface area (Å²) in [4.78, 5) is 10.4. The van der Waals surface area contributed by atoms with Gasteiger partial charge in [-0.05, 0) is 18.6 Å². The first-order valence-electron chi connectivity index (χ1n) is 5.55. The maximum atomic E-state index is 11.0. The standard InChI is InChI=1S/C12H18N2O4/c1-7-4-5-8(14(17)18)9(10(7)16)11(13)12(2,3)6-15/h4-5,11,15-16H,6,13H2,1-3H3/t11-/m1/s1. The highest BCUT2D eigenvalue weighted by atomic mass is 16.6. The molecule has 1 aromatic carbocycles. The van der Waals surface area contributed by atoms with Gasteiger partial charge in [-0.3, -0.25) is 10.1 Å². The summed E-state index contributed by atoms with van der Waals surface area (Å²) < 4.78 is 0. The van der Waals surface area contributed by atoms with E-state index >= 15 is 0 Å². The Morgan fingerprint density at radius 2 is 2.06 bits per heavy atom. The van der Waals surface area contributed by atoms with Crippen molar-refractivity contribution in [3.8, 4) is 5.75 Å². The Morgan fingerprint density at radius 3 is 2.50 bits per heavy atom. The lowest BCUT2D eigenvalue weighted by Crippen LogP contribution is -2.33. The molecular weight excluding hydrogens is 236 g/mol. The lowest BCUT2D eigenvalue weighted by molar-refractivity contribution is -0.386. The van der Waals surface area contributed by atoms with Crippen LogP contribution in [-0.2, 0) is 0 Å². The van der Waals surface area contributed by atoms with Crippen molar-refractivity contribution < 1.29 is 15.1 Å². The number of nitro benzene ring substituents is 1. The molecule has 0 saturated heterocycles. The molecule has 4 N–H and O–H groups in total. The molecule has 1 atom stereocenters. The van der Waals surface area contributed by atoms with Crippen molar-refractivity contribution in [3.05, 3.63) is 33.4 Å². The second kappa shape index (κ2) is 4.91. The fourth-order valence-electron chi connectivity index (χ4n) is 1.66. The summed E-state index contributed by atoms with van der Waals surface area (Å²) in [5, 5.41) is 30.3. The Balaban J connectivity index is 3.46. The number of nitro groups is 1. The van der Waals surface area contributed by atoms with E-state index in [9.17, 15) is 20.3 Å². The first-order chi connectivity index (χ1) is 8.22. The van der Waals surface area contributed by atoms with Gasteiger partial charge in [0.1, 0.15) is 5.75 Å². The van der Waals surface area contributed by atoms with E-state index in [4.69, 9.17) is 5.73 Å². The van der Waals surface area contributed by atoms with Crippen molar-refractivity contribution in [3.63, 3.8) is 0 Å². The molecule has 100 valence electrons. The Hall–Kier alpha value is -1.66. The van der Waals surface area contributed by atoms with Crippen LogP contribution in [0, 0.1) is 22.5 Å². The number of aliphatic hydroxyl groups is 1. The number of aryl methyl sites for hydroxylation is 1. The number of aliphatic hydroxyl groups excluding tert-OH is 1. The van der Waals surface area contributed by atoms with Crippen LogP contribution in [0.1, 0.15) is 31.0 Å². The van der Waals surface area contributed by atoms with Gasteiger partial charge in [-0.15, -0.1) is 0 Å². The zero-order valence-corrected chi connectivity index (χ0v) is 10.7. The summed E-state index contributed by atoms with van der Waals surface area (Å²) >= 11 is 0. The number of hydrogen-bond donors (Lipinski definition) is 3. The van der Waals surface area contributed by atoms with Crippen LogP contribution in [0.4, 0.5) is 5.69 Å². The van der Waals surface area contributed by atoms with E-state index in [1.165, 1.54) is 12.1 Å². The highest BCUT2D eigenvalue weighted by Gasteiger charge is 2.34. The van der Waals surface area contributed by atoms with Gasteiger partial charge in [0.25, 0.3) is 5.69 Å². The van der Waals surface area contributed by atoms with Crippen LogP contribution in [0.15, 0.2) is 12.1 Å². The van der Waals surface area contributed by atoms with Gasteiger partial charge >= 0.3 is 0 Å². The molecule has 0 radical (unpaired) electrons. The van der Waals surface area contributed by atoms with E-state index in [0.29, 0.717) is 5.56 Å². The van der Waals surface area contributed by atoms with Crippen LogP contribution >= 0.6 is 0 Å². The number of phenolic OH excluding ortho intramolecular Hbond substituents is 1. The highest BCUT2D eigenvalue weighted by molar-refractivity contribution is 5.54. The van der Waals surface area contributed by atoms with Crippen LogP contribution < -0.4 is 5.73 Å². The van der Waals surface area contributed by atoms with Crippen molar-refractivity contribution in [2.45, 2.75) is 26.8 Å². The van der Waals surface area contributed by atoms with Crippen molar-refractivity contribution in [1.82, 2.24) is 0 Å². The second-order valence-corrected chi connectivity index (χ2v) is 5.05. The number of aromatic hydroxyl groups is 1. The van der Waals surface area contributed by atoms with E-state index in [1.54, 1.807) is 20.8 Å². The third kappa shape index (κ3) is 2.44. The lowest BCUT2D eigenvalue weighted by atomic mass is 9.80. The lowest BCUT2D eigenvalue weighted by Gasteiger charge is -2.30. The fraction of sp³-hybridized carbons (Fsp3) is 0.500. The molecule has 0 unspecified atom stereocenters. The Labute approximate surface area is 105 Å². The Morgan fingerprint density at radius 1 is 1.50 bits per heavy atom. The average molecular weight is 254 g/mol. The minimum atomic E-state index is -0.831. The van der Waals surface area contributed by atoms with Gasteiger partial charge in [-0.2, -0.15) is 0 Å². The average Bonchev–Trinajstić information content (AvgIpc) is 2.31. The number of phenols is 1. The molecule has 0 amide bonds. The first kappa shape index (κ1) is 14.4. The molecule has 6 nitrogen and oxygen atoms in total. The minimum Gasteiger partial charge on any atom is -0.507 e. The maximum Gasteiger partial charge on any atom is 0.277 e. The molecule has 1 aromatic rings. The smallest absolute Gasteiger partial charge is 0.277 e. The number of nitrogens with two attached hydrogens (primary N) is 1. The molecule has 0 aliphatic carbocycles. The molecule has 0 spiro atoms. The number of benzene rings is 1. The van der Waals surface area contributed by atoms with Gasteiger partial charge in [-0.25, -0.2) is 0 Å². The van der Waals surface area contributed by atoms with E-state index in [1.807, 2.05) is 0 Å². The molecule has 6 heteroatoms. The third-order valence-corrected chi connectivity index (χ3v) is 3.15.